The normalized spacial score (nSPS) is 12.6. The SMILES string of the molecule is Cc1ccc(N([C@@H](C)C(=O)Nc2ccc(S(=O)(=O)Nc3cccc(Cl)c3)cc2)S(C)(=O)=O)cc1C. The van der Waals surface area contributed by atoms with Crippen LogP contribution >= 0.6 is 11.6 Å². The summed E-state index contributed by atoms with van der Waals surface area (Å²) in [5, 5.41) is 3.04. The number of rotatable bonds is 8. The van der Waals surface area contributed by atoms with Gasteiger partial charge >= 0.3 is 0 Å². The lowest BCUT2D eigenvalue weighted by atomic mass is 10.1. The van der Waals surface area contributed by atoms with Crippen LogP contribution in [0.5, 0.6) is 0 Å². The van der Waals surface area contributed by atoms with Gasteiger partial charge in [0.1, 0.15) is 6.04 Å². The molecule has 11 heteroatoms. The molecule has 8 nitrogen and oxygen atoms in total. The number of carbonyl (C=O) groups excluding carboxylic acids is 1. The molecule has 0 heterocycles. The molecule has 0 aliphatic heterocycles. The summed E-state index contributed by atoms with van der Waals surface area (Å²) in [6.45, 7) is 5.26. The minimum Gasteiger partial charge on any atom is -0.324 e. The van der Waals surface area contributed by atoms with Crippen LogP contribution in [0.4, 0.5) is 17.1 Å². The van der Waals surface area contributed by atoms with Crippen LogP contribution in [0.3, 0.4) is 0 Å². The maximum absolute atomic E-state index is 12.9. The molecule has 0 spiro atoms. The molecule has 3 aromatic rings. The molecule has 0 aliphatic rings. The number of hydrogen-bond donors (Lipinski definition) is 2. The number of hydrogen-bond acceptors (Lipinski definition) is 5. The largest absolute Gasteiger partial charge is 0.324 e. The van der Waals surface area contributed by atoms with E-state index >= 15 is 0 Å². The molecule has 0 saturated heterocycles. The van der Waals surface area contributed by atoms with Crippen molar-refractivity contribution in [1.29, 1.82) is 0 Å². The first kappa shape index (κ1) is 26.5. The summed E-state index contributed by atoms with van der Waals surface area (Å²) in [5.41, 5.74) is 2.91. The third-order valence-corrected chi connectivity index (χ3v) is 8.22. The number of halogens is 1. The van der Waals surface area contributed by atoms with Crippen molar-refractivity contribution in [3.63, 3.8) is 0 Å². The Kier molecular flexibility index (Phi) is 7.78. The van der Waals surface area contributed by atoms with Gasteiger partial charge in [-0.25, -0.2) is 16.8 Å². The van der Waals surface area contributed by atoms with E-state index in [9.17, 15) is 21.6 Å². The standard InChI is InChI=1S/C24H26ClN3O5S2/c1-16-8-11-22(14-17(16)2)28(34(4,30)31)18(3)24(29)26-20-9-12-23(13-10-20)35(32,33)27-21-7-5-6-19(25)15-21/h5-15,18,27H,1-4H3,(H,26,29)/t18-/m0/s1. The molecule has 0 unspecified atom stereocenters. The van der Waals surface area contributed by atoms with Crippen LogP contribution in [0.1, 0.15) is 18.1 Å². The Morgan fingerprint density at radius 3 is 2.11 bits per heavy atom. The van der Waals surface area contributed by atoms with Crippen molar-refractivity contribution < 1.29 is 21.6 Å². The van der Waals surface area contributed by atoms with E-state index in [4.69, 9.17) is 11.6 Å². The van der Waals surface area contributed by atoms with Gasteiger partial charge in [0, 0.05) is 10.7 Å². The molecule has 0 aromatic heterocycles. The van der Waals surface area contributed by atoms with Gasteiger partial charge in [0.2, 0.25) is 15.9 Å². The summed E-state index contributed by atoms with van der Waals surface area (Å²) in [4.78, 5) is 12.9. The van der Waals surface area contributed by atoms with Crippen molar-refractivity contribution in [3.05, 3.63) is 82.9 Å². The van der Waals surface area contributed by atoms with E-state index in [1.807, 2.05) is 13.8 Å². The summed E-state index contributed by atoms with van der Waals surface area (Å²) in [6, 6.07) is 15.9. The van der Waals surface area contributed by atoms with Gasteiger partial charge < -0.3 is 5.32 Å². The van der Waals surface area contributed by atoms with E-state index in [2.05, 4.69) is 10.0 Å². The van der Waals surface area contributed by atoms with E-state index in [-0.39, 0.29) is 4.90 Å². The predicted octanol–water partition coefficient (Wildman–Crippen LogP) is 4.55. The Balaban J connectivity index is 1.78. The number of anilines is 3. The third-order valence-electron chi connectivity index (χ3n) is 5.34. The number of carbonyl (C=O) groups is 1. The Morgan fingerprint density at radius 2 is 1.54 bits per heavy atom. The zero-order chi connectivity index (χ0) is 26.0. The molecule has 3 aromatic carbocycles. The molecular weight excluding hydrogens is 510 g/mol. The van der Waals surface area contributed by atoms with Crippen LogP contribution in [0.15, 0.2) is 71.6 Å². The average molecular weight is 536 g/mol. The Hall–Kier alpha value is -3.08. The van der Waals surface area contributed by atoms with Crippen molar-refractivity contribution in [2.45, 2.75) is 31.7 Å². The summed E-state index contributed by atoms with van der Waals surface area (Å²) >= 11 is 5.90. The minimum absolute atomic E-state index is 0.0172. The van der Waals surface area contributed by atoms with E-state index in [0.717, 1.165) is 21.7 Å². The zero-order valence-electron chi connectivity index (χ0n) is 19.6. The lowest BCUT2D eigenvalue weighted by Crippen LogP contribution is -2.45. The van der Waals surface area contributed by atoms with Crippen LogP contribution in [-0.4, -0.2) is 35.0 Å². The fourth-order valence-electron chi connectivity index (χ4n) is 3.40. The molecule has 186 valence electrons. The Bertz CT molecular complexity index is 1460. The van der Waals surface area contributed by atoms with Crippen molar-refractivity contribution >= 4 is 54.6 Å². The van der Waals surface area contributed by atoms with Gasteiger partial charge in [-0.1, -0.05) is 23.7 Å². The highest BCUT2D eigenvalue weighted by molar-refractivity contribution is 7.92. The molecule has 0 bridgehead atoms. The zero-order valence-corrected chi connectivity index (χ0v) is 22.0. The topological polar surface area (TPSA) is 113 Å². The fraction of sp³-hybridized carbons (Fsp3) is 0.208. The summed E-state index contributed by atoms with van der Waals surface area (Å²) in [6.07, 6.45) is 1.04. The fourth-order valence-corrected chi connectivity index (χ4v) is 5.81. The molecular formula is C24H26ClN3O5S2. The van der Waals surface area contributed by atoms with Crippen LogP contribution in [0.2, 0.25) is 5.02 Å². The van der Waals surface area contributed by atoms with E-state index in [0.29, 0.717) is 22.1 Å². The molecule has 0 aliphatic carbocycles. The maximum Gasteiger partial charge on any atom is 0.261 e. The van der Waals surface area contributed by atoms with Crippen LogP contribution in [0, 0.1) is 13.8 Å². The highest BCUT2D eigenvalue weighted by Gasteiger charge is 2.29. The lowest BCUT2D eigenvalue weighted by molar-refractivity contribution is -0.116. The van der Waals surface area contributed by atoms with Gasteiger partial charge in [-0.2, -0.15) is 0 Å². The van der Waals surface area contributed by atoms with Crippen molar-refractivity contribution in [2.75, 3.05) is 20.6 Å². The third kappa shape index (κ3) is 6.53. The molecule has 1 atom stereocenters. The second kappa shape index (κ2) is 10.3. The van der Waals surface area contributed by atoms with Gasteiger partial charge in [-0.15, -0.1) is 0 Å². The van der Waals surface area contributed by atoms with Crippen molar-refractivity contribution in [1.82, 2.24) is 0 Å². The van der Waals surface area contributed by atoms with Gasteiger partial charge in [0.15, 0.2) is 0 Å². The maximum atomic E-state index is 12.9. The Labute approximate surface area is 211 Å². The number of nitrogens with zero attached hydrogens (tertiary/aromatic N) is 1. The van der Waals surface area contributed by atoms with Crippen molar-refractivity contribution in [3.8, 4) is 0 Å². The quantitative estimate of drug-likeness (QED) is 0.439. The number of benzene rings is 3. The van der Waals surface area contributed by atoms with Crippen LogP contribution in [-0.2, 0) is 24.8 Å². The molecule has 2 N–H and O–H groups in total. The molecule has 3 rings (SSSR count). The number of nitrogens with one attached hydrogen (secondary N) is 2. The monoisotopic (exact) mass is 535 g/mol. The second-order valence-electron chi connectivity index (χ2n) is 8.13. The highest BCUT2D eigenvalue weighted by Crippen LogP contribution is 2.25. The number of sulfonamides is 2. The highest BCUT2D eigenvalue weighted by atomic mass is 35.5. The minimum atomic E-state index is -3.88. The first-order chi connectivity index (χ1) is 16.3. The molecule has 35 heavy (non-hydrogen) atoms. The first-order valence-corrected chi connectivity index (χ1v) is 14.2. The van der Waals surface area contributed by atoms with Gasteiger partial charge in [-0.3, -0.25) is 13.8 Å². The van der Waals surface area contributed by atoms with Crippen molar-refractivity contribution in [2.24, 2.45) is 0 Å². The molecule has 0 radical (unpaired) electrons. The van der Waals surface area contributed by atoms with E-state index < -0.39 is 32.0 Å². The van der Waals surface area contributed by atoms with E-state index in [1.54, 1.807) is 36.4 Å². The van der Waals surface area contributed by atoms with Gasteiger partial charge in [-0.05, 0) is 86.5 Å². The summed E-state index contributed by atoms with van der Waals surface area (Å²) in [7, 11) is -7.64. The van der Waals surface area contributed by atoms with Gasteiger partial charge in [0.25, 0.3) is 10.0 Å². The summed E-state index contributed by atoms with van der Waals surface area (Å²) in [5.74, 6) is -0.568. The van der Waals surface area contributed by atoms with Gasteiger partial charge in [0.05, 0.1) is 22.5 Å². The molecule has 0 saturated carbocycles. The van der Waals surface area contributed by atoms with Crippen LogP contribution in [0.25, 0.3) is 0 Å². The summed E-state index contributed by atoms with van der Waals surface area (Å²) < 4.78 is 53.8. The number of amides is 1. The smallest absolute Gasteiger partial charge is 0.261 e. The lowest BCUT2D eigenvalue weighted by Gasteiger charge is -2.28. The Morgan fingerprint density at radius 1 is 0.886 bits per heavy atom. The molecule has 0 fully saturated rings. The van der Waals surface area contributed by atoms with Crippen LogP contribution < -0.4 is 14.3 Å². The number of aryl methyl sites for hydroxylation is 2. The second-order valence-corrected chi connectivity index (χ2v) is 12.1. The predicted molar refractivity (Wildman–Crippen MR) is 140 cm³/mol. The average Bonchev–Trinajstić information content (AvgIpc) is 2.75. The molecule has 1 amide bonds. The van der Waals surface area contributed by atoms with E-state index in [1.165, 1.54) is 37.3 Å². The first-order valence-electron chi connectivity index (χ1n) is 10.5.